The Balaban J connectivity index is 1.39. The lowest BCUT2D eigenvalue weighted by Gasteiger charge is -2.70. The first kappa shape index (κ1) is 33.2. The zero-order valence-electron chi connectivity index (χ0n) is 28.5. The van der Waals surface area contributed by atoms with Crippen LogP contribution < -0.4 is 5.73 Å². The van der Waals surface area contributed by atoms with Gasteiger partial charge in [-0.3, -0.25) is 9.69 Å². The molecule has 7 rings (SSSR count). The van der Waals surface area contributed by atoms with Gasteiger partial charge in [0, 0.05) is 68.6 Å². The fraction of sp³-hybridized carbons (Fsp3) is 0.778. The molecule has 7 bridgehead atoms. The third-order valence-electron chi connectivity index (χ3n) is 14.0. The number of fused-ring (bicyclic) bond motifs is 2. The van der Waals surface area contributed by atoms with Gasteiger partial charge in [-0.2, -0.15) is 0 Å². The average molecular weight is 657 g/mol. The number of piperidine rings is 1. The Bertz CT molecular complexity index is 1410. The number of carbonyl (C=O) groups excluding carboxylic acids is 2. The van der Waals surface area contributed by atoms with Crippen molar-refractivity contribution in [2.24, 2.45) is 40.4 Å². The molecular weight excluding hydrogens is 604 g/mol. The summed E-state index contributed by atoms with van der Waals surface area (Å²) in [4.78, 5) is 29.2. The Morgan fingerprint density at radius 1 is 1.11 bits per heavy atom. The molecule has 5 aliphatic carbocycles. The molecule has 47 heavy (non-hydrogen) atoms. The van der Waals surface area contributed by atoms with Crippen LogP contribution in [0.3, 0.4) is 0 Å². The minimum absolute atomic E-state index is 0.106. The molecule has 11 nitrogen and oxygen atoms in total. The van der Waals surface area contributed by atoms with E-state index in [9.17, 15) is 19.8 Å². The number of nitrogens with two attached hydrogens (primary N) is 1. The van der Waals surface area contributed by atoms with Crippen molar-refractivity contribution in [2.75, 3.05) is 46.8 Å². The van der Waals surface area contributed by atoms with Crippen LogP contribution >= 0.6 is 0 Å². The van der Waals surface area contributed by atoms with E-state index in [4.69, 9.17) is 29.4 Å². The van der Waals surface area contributed by atoms with Crippen molar-refractivity contribution in [3.63, 3.8) is 0 Å². The number of nitrogen functional groups attached to an aromatic ring is 1. The zero-order valence-corrected chi connectivity index (χ0v) is 28.5. The van der Waals surface area contributed by atoms with Crippen molar-refractivity contribution in [3.05, 3.63) is 29.8 Å². The fourth-order valence-electron chi connectivity index (χ4n) is 12.2. The molecule has 1 aromatic carbocycles. The zero-order chi connectivity index (χ0) is 33.7. The summed E-state index contributed by atoms with van der Waals surface area (Å²) in [7, 11) is 4.97. The maximum Gasteiger partial charge on any atom is 0.340 e. The summed E-state index contributed by atoms with van der Waals surface area (Å²) in [5, 5.41) is 26.8. The second kappa shape index (κ2) is 11.4. The van der Waals surface area contributed by atoms with Crippen LogP contribution in [0.15, 0.2) is 24.3 Å². The number of benzene rings is 1. The molecule has 5 saturated carbocycles. The first-order valence-corrected chi connectivity index (χ1v) is 17.4. The van der Waals surface area contributed by atoms with Gasteiger partial charge in [-0.05, 0) is 50.3 Å². The summed E-state index contributed by atoms with van der Waals surface area (Å²) in [5.41, 5.74) is 2.08. The van der Waals surface area contributed by atoms with Crippen molar-refractivity contribution in [1.82, 2.24) is 4.90 Å². The molecule has 1 saturated heterocycles. The highest BCUT2D eigenvalue weighted by Crippen LogP contribution is 2.80. The van der Waals surface area contributed by atoms with Crippen molar-refractivity contribution >= 4 is 17.6 Å². The number of methoxy groups -OCH3 is 3. The lowest BCUT2D eigenvalue weighted by Crippen LogP contribution is -2.82. The number of likely N-dealkylation sites (N-methyl/N-ethyl adjacent to an activating group) is 1. The van der Waals surface area contributed by atoms with Gasteiger partial charge in [0.1, 0.15) is 17.3 Å². The first-order valence-electron chi connectivity index (χ1n) is 17.4. The van der Waals surface area contributed by atoms with Gasteiger partial charge in [-0.1, -0.05) is 32.9 Å². The maximum atomic E-state index is 13.5. The molecule has 0 amide bonds. The summed E-state index contributed by atoms with van der Waals surface area (Å²) >= 11 is 0. The quantitative estimate of drug-likeness (QED) is 0.252. The van der Waals surface area contributed by atoms with Crippen LogP contribution in [0.4, 0.5) is 5.69 Å². The van der Waals surface area contributed by atoms with Gasteiger partial charge in [0.2, 0.25) is 0 Å². The van der Waals surface area contributed by atoms with Crippen LogP contribution in [0.5, 0.6) is 0 Å². The normalized spacial score (nSPS) is 46.6. The molecular formula is C36H52N2O9. The molecule has 260 valence electrons. The number of rotatable bonds is 10. The van der Waals surface area contributed by atoms with E-state index in [0.717, 1.165) is 0 Å². The van der Waals surface area contributed by atoms with Crippen LogP contribution in [0, 0.1) is 40.4 Å². The minimum atomic E-state index is -1.76. The molecule has 0 unspecified atom stereocenters. The lowest BCUT2D eigenvalue weighted by molar-refractivity contribution is -0.319. The number of likely N-dealkylation sites (tertiary alicyclic amines) is 1. The van der Waals surface area contributed by atoms with E-state index in [1.807, 2.05) is 13.8 Å². The number of aliphatic hydroxyl groups is 2. The Labute approximate surface area is 277 Å². The minimum Gasteiger partial charge on any atom is -0.461 e. The Hall–Kier alpha value is -2.28. The fourth-order valence-corrected chi connectivity index (χ4v) is 12.2. The number of anilines is 1. The SMILES string of the molecule is CC[C@H](C)C(=O)O[C@H]1[C@@H]2C[C@@H]3[C@H]1[C@](O)(C[C@@H]2OC)[C@]1(O)[C@H](OC)[C@@H]2[C@@]4(COC(=O)c5ccccc5N)CC[C@H](OC)[C@]32[C@H]1N(CC)C4. The number of hydrogen-bond donors (Lipinski definition) is 3. The Kier molecular flexibility index (Phi) is 8.05. The summed E-state index contributed by atoms with van der Waals surface area (Å²) in [5.74, 6) is -2.27. The number of para-hydroxylation sites is 1. The van der Waals surface area contributed by atoms with E-state index < -0.39 is 58.3 Å². The maximum absolute atomic E-state index is 13.5. The largest absolute Gasteiger partial charge is 0.461 e. The smallest absolute Gasteiger partial charge is 0.340 e. The second-order valence-electron chi connectivity index (χ2n) is 15.4. The molecule has 0 radical (unpaired) electrons. The van der Waals surface area contributed by atoms with E-state index in [2.05, 4.69) is 11.8 Å². The standard InChI is InChI=1S/C36H52N2O9/c1-7-19(3)30(39)47-27-21-15-22-26(27)34(41,16-24(21)43-4)36(42)29(45-6)28-33(18-46-31(40)20-11-9-10-12-23(20)37)14-13-25(44-5)35(22,28)32(36)38(8-2)17-33/h9-12,19,21-22,24-29,32,41-42H,7-8,13-18,37H2,1-6H3/t19-,21+,22+,24-,25-,26+,27-,28+,29+,32+,33-,34+,35+,36-/m0/s1. The van der Waals surface area contributed by atoms with Crippen molar-refractivity contribution < 1.29 is 43.5 Å². The molecule has 0 aromatic heterocycles. The van der Waals surface area contributed by atoms with Gasteiger partial charge >= 0.3 is 11.9 Å². The number of carbonyl (C=O) groups is 2. The number of ether oxygens (including phenoxy) is 5. The molecule has 14 atom stereocenters. The van der Waals surface area contributed by atoms with Gasteiger partial charge in [0.05, 0.1) is 42.4 Å². The monoisotopic (exact) mass is 656 g/mol. The number of esters is 2. The van der Waals surface area contributed by atoms with Gasteiger partial charge in [0.15, 0.2) is 0 Å². The molecule has 1 spiro atoms. The van der Waals surface area contributed by atoms with Crippen molar-refractivity contribution in [3.8, 4) is 0 Å². The number of nitrogens with zero attached hydrogens (tertiary/aromatic N) is 1. The molecule has 1 aliphatic heterocycles. The predicted molar refractivity (Wildman–Crippen MR) is 171 cm³/mol. The van der Waals surface area contributed by atoms with E-state index >= 15 is 0 Å². The van der Waals surface area contributed by atoms with E-state index in [1.165, 1.54) is 0 Å². The van der Waals surface area contributed by atoms with Crippen LogP contribution in [0.2, 0.25) is 0 Å². The van der Waals surface area contributed by atoms with Gasteiger partial charge in [-0.15, -0.1) is 0 Å². The van der Waals surface area contributed by atoms with E-state index in [1.54, 1.807) is 45.6 Å². The molecule has 1 heterocycles. The highest BCUT2D eigenvalue weighted by Gasteiger charge is 2.92. The Morgan fingerprint density at radius 2 is 1.85 bits per heavy atom. The summed E-state index contributed by atoms with van der Waals surface area (Å²) in [6, 6.07) is 6.39. The van der Waals surface area contributed by atoms with Crippen LogP contribution in [0.1, 0.15) is 63.2 Å². The average Bonchev–Trinajstić information content (AvgIpc) is 3.46. The molecule has 6 aliphatic rings. The van der Waals surface area contributed by atoms with Gasteiger partial charge in [-0.25, -0.2) is 4.79 Å². The van der Waals surface area contributed by atoms with Gasteiger partial charge in [0.25, 0.3) is 0 Å². The molecule has 11 heteroatoms. The van der Waals surface area contributed by atoms with Crippen molar-refractivity contribution in [1.29, 1.82) is 0 Å². The van der Waals surface area contributed by atoms with Crippen LogP contribution in [-0.4, -0.2) is 110 Å². The highest BCUT2D eigenvalue weighted by atomic mass is 16.6. The third kappa shape index (κ3) is 4.01. The second-order valence-corrected chi connectivity index (χ2v) is 15.4. The molecule has 4 N–H and O–H groups in total. The Morgan fingerprint density at radius 3 is 2.49 bits per heavy atom. The summed E-state index contributed by atoms with van der Waals surface area (Å²) < 4.78 is 31.5. The molecule has 6 fully saturated rings. The van der Waals surface area contributed by atoms with Crippen LogP contribution in [-0.2, 0) is 28.5 Å². The summed E-state index contributed by atoms with van der Waals surface area (Å²) in [6.07, 6.45) is 0.731. The van der Waals surface area contributed by atoms with E-state index in [-0.39, 0.29) is 48.8 Å². The van der Waals surface area contributed by atoms with E-state index in [0.29, 0.717) is 50.0 Å². The summed E-state index contributed by atoms with van der Waals surface area (Å²) in [6.45, 7) is 7.16. The molecule has 1 aromatic rings. The third-order valence-corrected chi connectivity index (χ3v) is 14.0. The lowest BCUT2D eigenvalue weighted by atomic mass is 9.42. The van der Waals surface area contributed by atoms with Crippen LogP contribution in [0.25, 0.3) is 0 Å². The van der Waals surface area contributed by atoms with Gasteiger partial charge < -0.3 is 39.6 Å². The topological polar surface area (TPSA) is 150 Å². The predicted octanol–water partition coefficient (Wildman–Crippen LogP) is 2.66. The first-order chi connectivity index (χ1) is 22.4. The number of hydrogen-bond acceptors (Lipinski definition) is 11. The highest BCUT2D eigenvalue weighted by molar-refractivity contribution is 5.95. The van der Waals surface area contributed by atoms with Crippen molar-refractivity contribution in [2.45, 2.75) is 94.5 Å².